The fourth-order valence-corrected chi connectivity index (χ4v) is 1.58. The minimum atomic E-state index is -1.14. The Morgan fingerprint density at radius 2 is 2.24 bits per heavy atom. The molecule has 1 fully saturated rings. The molecule has 0 saturated heterocycles. The standard InChI is InChI=1S/C13H13FO3/c1-8(13(15)16)7-17-11-4-2-3-10(12(11)14)9-5-6-9/h2-4,9H,1,5-7H2,(H,15,16). The minimum Gasteiger partial charge on any atom is -0.486 e. The van der Waals surface area contributed by atoms with Crippen molar-refractivity contribution in [2.24, 2.45) is 0 Å². The van der Waals surface area contributed by atoms with Crippen LogP contribution in [0.15, 0.2) is 30.4 Å². The van der Waals surface area contributed by atoms with Crippen molar-refractivity contribution in [2.75, 3.05) is 6.61 Å². The number of hydrogen-bond acceptors (Lipinski definition) is 2. The second-order valence-electron chi connectivity index (χ2n) is 4.13. The Labute approximate surface area is 98.5 Å². The Hall–Kier alpha value is -1.84. The highest BCUT2D eigenvalue weighted by molar-refractivity contribution is 5.86. The molecular weight excluding hydrogens is 223 g/mol. The summed E-state index contributed by atoms with van der Waals surface area (Å²) in [5.41, 5.74) is 0.560. The number of benzene rings is 1. The zero-order chi connectivity index (χ0) is 12.4. The third-order valence-corrected chi connectivity index (χ3v) is 2.71. The topological polar surface area (TPSA) is 46.5 Å². The maximum absolute atomic E-state index is 13.9. The Morgan fingerprint density at radius 3 is 2.82 bits per heavy atom. The normalized spacial score (nSPS) is 14.4. The van der Waals surface area contributed by atoms with Crippen LogP contribution in [0.4, 0.5) is 4.39 Å². The van der Waals surface area contributed by atoms with Gasteiger partial charge in [-0.05, 0) is 30.4 Å². The molecule has 3 nitrogen and oxygen atoms in total. The zero-order valence-electron chi connectivity index (χ0n) is 9.28. The summed E-state index contributed by atoms with van der Waals surface area (Å²) in [4.78, 5) is 10.5. The van der Waals surface area contributed by atoms with E-state index in [9.17, 15) is 9.18 Å². The molecule has 1 aromatic carbocycles. The summed E-state index contributed by atoms with van der Waals surface area (Å²) in [6.07, 6.45) is 2.00. The van der Waals surface area contributed by atoms with Crippen LogP contribution in [0.25, 0.3) is 0 Å². The van der Waals surface area contributed by atoms with Crippen molar-refractivity contribution in [1.29, 1.82) is 0 Å². The van der Waals surface area contributed by atoms with Gasteiger partial charge in [0, 0.05) is 0 Å². The second kappa shape index (κ2) is 4.57. The number of halogens is 1. The van der Waals surface area contributed by atoms with Gasteiger partial charge in [0.25, 0.3) is 0 Å². The molecule has 90 valence electrons. The van der Waals surface area contributed by atoms with Gasteiger partial charge in [0.05, 0.1) is 5.57 Å². The van der Waals surface area contributed by atoms with Gasteiger partial charge >= 0.3 is 5.97 Å². The largest absolute Gasteiger partial charge is 0.486 e. The van der Waals surface area contributed by atoms with Crippen LogP contribution in [-0.4, -0.2) is 17.7 Å². The molecule has 1 aromatic rings. The molecule has 1 N–H and O–H groups in total. The van der Waals surface area contributed by atoms with Crippen LogP contribution < -0.4 is 4.74 Å². The number of carboxylic acids is 1. The van der Waals surface area contributed by atoms with E-state index in [1.54, 1.807) is 12.1 Å². The van der Waals surface area contributed by atoms with Crippen molar-refractivity contribution in [3.05, 3.63) is 41.7 Å². The van der Waals surface area contributed by atoms with Crippen molar-refractivity contribution >= 4 is 5.97 Å². The first-order valence-electron chi connectivity index (χ1n) is 5.42. The molecule has 0 heterocycles. The zero-order valence-corrected chi connectivity index (χ0v) is 9.28. The van der Waals surface area contributed by atoms with Crippen LogP contribution in [0.2, 0.25) is 0 Å². The van der Waals surface area contributed by atoms with Crippen LogP contribution >= 0.6 is 0 Å². The molecule has 0 unspecified atom stereocenters. The summed E-state index contributed by atoms with van der Waals surface area (Å²) in [6, 6.07) is 4.96. The highest BCUT2D eigenvalue weighted by Gasteiger charge is 2.27. The van der Waals surface area contributed by atoms with Gasteiger partial charge in [-0.25, -0.2) is 9.18 Å². The monoisotopic (exact) mass is 236 g/mol. The van der Waals surface area contributed by atoms with Crippen LogP contribution in [0.5, 0.6) is 5.75 Å². The summed E-state index contributed by atoms with van der Waals surface area (Å²) < 4.78 is 19.0. The third kappa shape index (κ3) is 2.64. The molecule has 0 atom stereocenters. The van der Waals surface area contributed by atoms with Gasteiger partial charge < -0.3 is 9.84 Å². The van der Waals surface area contributed by atoms with Crippen molar-refractivity contribution in [3.63, 3.8) is 0 Å². The summed E-state index contributed by atoms with van der Waals surface area (Å²) in [5.74, 6) is -1.13. The van der Waals surface area contributed by atoms with E-state index in [0.29, 0.717) is 11.5 Å². The smallest absolute Gasteiger partial charge is 0.334 e. The van der Waals surface area contributed by atoms with E-state index in [4.69, 9.17) is 9.84 Å². The number of carboxylic acid groups (broad SMARTS) is 1. The van der Waals surface area contributed by atoms with Crippen molar-refractivity contribution in [3.8, 4) is 5.75 Å². The molecule has 1 aliphatic carbocycles. The quantitative estimate of drug-likeness (QED) is 0.799. The van der Waals surface area contributed by atoms with Gasteiger partial charge in [0.2, 0.25) is 0 Å². The van der Waals surface area contributed by atoms with Gasteiger partial charge in [-0.3, -0.25) is 0 Å². The van der Waals surface area contributed by atoms with Crippen LogP contribution in [-0.2, 0) is 4.79 Å². The summed E-state index contributed by atoms with van der Waals surface area (Å²) >= 11 is 0. The average Bonchev–Trinajstić information content (AvgIpc) is 3.11. The van der Waals surface area contributed by atoms with Gasteiger partial charge in [-0.1, -0.05) is 18.7 Å². The molecule has 0 aliphatic heterocycles. The van der Waals surface area contributed by atoms with Gasteiger partial charge in [-0.15, -0.1) is 0 Å². The average molecular weight is 236 g/mol. The molecule has 0 aromatic heterocycles. The lowest BCUT2D eigenvalue weighted by atomic mass is 10.1. The number of ether oxygens (including phenoxy) is 1. The van der Waals surface area contributed by atoms with Crippen molar-refractivity contribution in [1.82, 2.24) is 0 Å². The van der Waals surface area contributed by atoms with E-state index in [2.05, 4.69) is 6.58 Å². The van der Waals surface area contributed by atoms with Gasteiger partial charge in [-0.2, -0.15) is 0 Å². The maximum atomic E-state index is 13.9. The Bertz CT molecular complexity index is 464. The number of hydrogen-bond donors (Lipinski definition) is 1. The lowest BCUT2D eigenvalue weighted by Crippen LogP contribution is -2.10. The predicted molar refractivity (Wildman–Crippen MR) is 60.6 cm³/mol. The molecule has 17 heavy (non-hydrogen) atoms. The van der Waals surface area contributed by atoms with E-state index in [-0.39, 0.29) is 23.7 Å². The Balaban J connectivity index is 2.08. The van der Waals surface area contributed by atoms with E-state index >= 15 is 0 Å². The van der Waals surface area contributed by atoms with E-state index in [0.717, 1.165) is 12.8 Å². The third-order valence-electron chi connectivity index (χ3n) is 2.71. The van der Waals surface area contributed by atoms with E-state index in [1.807, 2.05) is 0 Å². The molecule has 2 rings (SSSR count). The molecular formula is C13H13FO3. The predicted octanol–water partition coefficient (Wildman–Crippen LogP) is 2.72. The Morgan fingerprint density at radius 1 is 1.53 bits per heavy atom. The summed E-state index contributed by atoms with van der Waals surface area (Å²) in [7, 11) is 0. The van der Waals surface area contributed by atoms with Crippen molar-refractivity contribution < 1.29 is 19.0 Å². The fraction of sp³-hybridized carbons (Fsp3) is 0.308. The molecule has 0 bridgehead atoms. The van der Waals surface area contributed by atoms with Gasteiger partial charge in [0.15, 0.2) is 11.6 Å². The lowest BCUT2D eigenvalue weighted by molar-refractivity contribution is -0.133. The Kier molecular flexibility index (Phi) is 3.13. The summed E-state index contributed by atoms with van der Waals surface area (Å²) in [5, 5.41) is 8.61. The number of carbonyl (C=O) groups is 1. The molecule has 0 radical (unpaired) electrons. The molecule has 0 spiro atoms. The highest BCUT2D eigenvalue weighted by Crippen LogP contribution is 2.42. The lowest BCUT2D eigenvalue weighted by Gasteiger charge is -2.09. The summed E-state index contributed by atoms with van der Waals surface area (Å²) in [6.45, 7) is 3.11. The SMILES string of the molecule is C=C(COc1cccc(C2CC2)c1F)C(=O)O. The first-order chi connectivity index (χ1) is 8.09. The molecule has 1 aliphatic rings. The highest BCUT2D eigenvalue weighted by atomic mass is 19.1. The molecule has 1 saturated carbocycles. The maximum Gasteiger partial charge on any atom is 0.334 e. The molecule has 0 amide bonds. The number of rotatable bonds is 5. The minimum absolute atomic E-state index is 0.0943. The second-order valence-corrected chi connectivity index (χ2v) is 4.13. The van der Waals surface area contributed by atoms with E-state index < -0.39 is 5.97 Å². The van der Waals surface area contributed by atoms with Crippen LogP contribution in [0.1, 0.15) is 24.3 Å². The number of aliphatic carboxylic acids is 1. The molecule has 4 heteroatoms. The van der Waals surface area contributed by atoms with Crippen LogP contribution in [0.3, 0.4) is 0 Å². The fourth-order valence-electron chi connectivity index (χ4n) is 1.58. The van der Waals surface area contributed by atoms with Gasteiger partial charge in [0.1, 0.15) is 6.61 Å². The first kappa shape index (κ1) is 11.6. The van der Waals surface area contributed by atoms with Crippen LogP contribution in [0, 0.1) is 5.82 Å². The first-order valence-corrected chi connectivity index (χ1v) is 5.42. The van der Waals surface area contributed by atoms with Crippen molar-refractivity contribution in [2.45, 2.75) is 18.8 Å². The van der Waals surface area contributed by atoms with E-state index in [1.165, 1.54) is 6.07 Å².